The van der Waals surface area contributed by atoms with Crippen molar-refractivity contribution in [3.8, 4) is 5.75 Å². The van der Waals surface area contributed by atoms with Crippen molar-refractivity contribution in [3.63, 3.8) is 0 Å². The van der Waals surface area contributed by atoms with Gasteiger partial charge in [0.2, 0.25) is 5.91 Å². The van der Waals surface area contributed by atoms with Crippen LogP contribution in [0.25, 0.3) is 10.8 Å². The van der Waals surface area contributed by atoms with Gasteiger partial charge in [0.05, 0.1) is 15.9 Å². The Hall–Kier alpha value is -3.50. The molecule has 0 aliphatic carbocycles. The molecule has 0 saturated carbocycles. The minimum atomic E-state index is -4.97. The molecule has 34 heavy (non-hydrogen) atoms. The van der Waals surface area contributed by atoms with Crippen LogP contribution in [0, 0.1) is 20.2 Å². The molecular weight excluding hydrogens is 485 g/mol. The molecule has 2 N–H and O–H groups in total. The molecule has 0 spiro atoms. The molecule has 0 unspecified atom stereocenters. The third kappa shape index (κ3) is 5.70. The van der Waals surface area contributed by atoms with E-state index >= 15 is 0 Å². The van der Waals surface area contributed by atoms with Crippen LogP contribution in [0.15, 0.2) is 57.6 Å². The molecule has 1 amide bonds. The Labute approximate surface area is 212 Å². The van der Waals surface area contributed by atoms with Crippen LogP contribution < -0.4 is 40.0 Å². The number of carbonyl (C=O) groups excluding carboxylic acids is 1. The third-order valence-electron chi connectivity index (χ3n) is 4.26. The molecule has 14 nitrogen and oxygen atoms in total. The van der Waals surface area contributed by atoms with Gasteiger partial charge in [-0.3, -0.25) is 29.6 Å². The number of amides is 1. The largest absolute Gasteiger partial charge is 1.00 e. The minimum Gasteiger partial charge on any atom is -0.872 e. The summed E-state index contributed by atoms with van der Waals surface area (Å²) in [6.45, 7) is 1.24. The molecule has 0 radical (unpaired) electrons. The van der Waals surface area contributed by atoms with Crippen LogP contribution in [0.3, 0.4) is 0 Å². The van der Waals surface area contributed by atoms with Crippen LogP contribution in [0.2, 0.25) is 0 Å². The van der Waals surface area contributed by atoms with Crippen LogP contribution in [0.1, 0.15) is 6.92 Å². The van der Waals surface area contributed by atoms with E-state index in [4.69, 9.17) is 0 Å². The molecule has 3 aromatic rings. The normalized spacial score (nSPS) is 11.2. The van der Waals surface area contributed by atoms with Gasteiger partial charge in [-0.15, -0.1) is 10.2 Å². The van der Waals surface area contributed by atoms with E-state index in [9.17, 15) is 43.1 Å². The summed E-state index contributed by atoms with van der Waals surface area (Å²) in [6, 6.07) is 6.94. The number of benzene rings is 3. The van der Waals surface area contributed by atoms with Crippen molar-refractivity contribution in [2.75, 3.05) is 5.32 Å². The summed E-state index contributed by atoms with van der Waals surface area (Å²) in [5.41, 5.74) is -2.08. The van der Waals surface area contributed by atoms with Crippen LogP contribution >= 0.6 is 0 Å². The summed E-state index contributed by atoms with van der Waals surface area (Å²) in [5, 5.41) is 44.2. The van der Waals surface area contributed by atoms with Gasteiger partial charge in [0, 0.05) is 24.1 Å². The second kappa shape index (κ2) is 10.2. The minimum absolute atomic E-state index is 0. The maximum absolute atomic E-state index is 12.4. The number of nitrogens with zero attached hydrogens (tertiary/aromatic N) is 4. The Balaban J connectivity index is 0.00000408. The van der Waals surface area contributed by atoms with Crippen LogP contribution in [-0.4, -0.2) is 28.7 Å². The van der Waals surface area contributed by atoms with Gasteiger partial charge < -0.3 is 10.4 Å². The van der Waals surface area contributed by atoms with Gasteiger partial charge in [-0.25, -0.2) is 0 Å². The van der Waals surface area contributed by atoms with Gasteiger partial charge in [-0.2, -0.15) is 8.42 Å². The molecule has 0 aromatic heterocycles. The fourth-order valence-electron chi connectivity index (χ4n) is 2.89. The Kier molecular flexibility index (Phi) is 8.01. The van der Waals surface area contributed by atoms with Gasteiger partial charge in [0.15, 0.2) is 5.69 Å². The number of non-ortho nitro benzene ring substituents is 1. The van der Waals surface area contributed by atoms with Crippen molar-refractivity contribution in [2.24, 2.45) is 10.2 Å². The fourth-order valence-corrected chi connectivity index (χ4v) is 3.54. The number of hydrogen-bond acceptors (Lipinski definition) is 10. The first-order chi connectivity index (χ1) is 15.4. The van der Waals surface area contributed by atoms with Crippen molar-refractivity contribution in [2.45, 2.75) is 11.8 Å². The molecule has 0 saturated heterocycles. The van der Waals surface area contributed by atoms with Crippen LogP contribution in [-0.2, 0) is 14.9 Å². The molecule has 0 atom stereocenters. The monoisotopic (exact) mass is 497 g/mol. The average Bonchev–Trinajstić information content (AvgIpc) is 2.71. The predicted octanol–water partition coefficient (Wildman–Crippen LogP) is 0.354. The second-order valence-electron chi connectivity index (χ2n) is 6.53. The van der Waals surface area contributed by atoms with Gasteiger partial charge >= 0.3 is 35.2 Å². The van der Waals surface area contributed by atoms with Crippen molar-refractivity contribution >= 4 is 55.2 Å². The summed E-state index contributed by atoms with van der Waals surface area (Å²) < 4.78 is 33.2. The first-order valence-corrected chi connectivity index (χ1v) is 10.2. The van der Waals surface area contributed by atoms with Crippen molar-refractivity contribution in [1.29, 1.82) is 0 Å². The van der Waals surface area contributed by atoms with E-state index in [1.54, 1.807) is 0 Å². The van der Waals surface area contributed by atoms with Crippen molar-refractivity contribution in [3.05, 3.63) is 62.7 Å². The maximum Gasteiger partial charge on any atom is 1.00 e. The summed E-state index contributed by atoms with van der Waals surface area (Å²) in [4.78, 5) is 30.7. The van der Waals surface area contributed by atoms with E-state index in [1.165, 1.54) is 25.1 Å². The van der Waals surface area contributed by atoms with Crippen molar-refractivity contribution in [1.82, 2.24) is 0 Å². The van der Waals surface area contributed by atoms with Gasteiger partial charge in [0.25, 0.3) is 15.8 Å². The molecule has 0 fully saturated rings. The zero-order chi connectivity index (χ0) is 24.5. The molecule has 0 heterocycles. The van der Waals surface area contributed by atoms with Gasteiger partial charge in [-0.05, 0) is 29.7 Å². The van der Waals surface area contributed by atoms with E-state index in [0.29, 0.717) is 12.1 Å². The smallest absolute Gasteiger partial charge is 0.872 e. The predicted molar refractivity (Wildman–Crippen MR) is 111 cm³/mol. The SMILES string of the molecule is CC(=O)Nc1ccc2c(N=Nc3ccc([N+](=O)[O-])cc3[N+](=O)[O-])c(S(=O)(=O)O)cc([O-])c2c1.[Na+]. The Bertz CT molecular complexity index is 1470. The number of nitro groups is 2. The zero-order valence-corrected chi connectivity index (χ0v) is 20.3. The molecule has 0 bridgehead atoms. The molecule has 0 aliphatic heterocycles. The number of carbonyl (C=O) groups is 1. The maximum atomic E-state index is 12.4. The molecular formula is C18H12N5NaO9S. The van der Waals surface area contributed by atoms with E-state index < -0.39 is 59.3 Å². The Morgan fingerprint density at radius 1 is 1.00 bits per heavy atom. The molecule has 16 heteroatoms. The van der Waals surface area contributed by atoms with Gasteiger partial charge in [0.1, 0.15) is 10.6 Å². The fraction of sp³-hybridized carbons (Fsp3) is 0.0556. The first kappa shape index (κ1) is 26.7. The topological polar surface area (TPSA) is 218 Å². The number of fused-ring (bicyclic) bond motifs is 1. The average molecular weight is 497 g/mol. The Morgan fingerprint density at radius 2 is 1.68 bits per heavy atom. The Morgan fingerprint density at radius 3 is 2.24 bits per heavy atom. The van der Waals surface area contributed by atoms with E-state index in [1.807, 2.05) is 0 Å². The van der Waals surface area contributed by atoms with Crippen LogP contribution in [0.4, 0.5) is 28.4 Å². The molecule has 170 valence electrons. The zero-order valence-electron chi connectivity index (χ0n) is 17.5. The summed E-state index contributed by atoms with van der Waals surface area (Å²) in [6.07, 6.45) is 0. The number of anilines is 1. The molecule has 3 aromatic carbocycles. The summed E-state index contributed by atoms with van der Waals surface area (Å²) in [5.74, 6) is -1.24. The number of hydrogen-bond donors (Lipinski definition) is 2. The summed E-state index contributed by atoms with van der Waals surface area (Å²) in [7, 11) is -4.97. The number of rotatable bonds is 6. The van der Waals surface area contributed by atoms with Gasteiger partial charge in [-0.1, -0.05) is 11.8 Å². The number of nitro benzene ring substituents is 2. The van der Waals surface area contributed by atoms with E-state index in [-0.39, 0.29) is 46.0 Å². The number of nitrogens with one attached hydrogen (secondary N) is 1. The quantitative estimate of drug-likeness (QED) is 0.158. The molecule has 3 rings (SSSR count). The third-order valence-corrected chi connectivity index (χ3v) is 5.13. The second-order valence-corrected chi connectivity index (χ2v) is 7.92. The first-order valence-electron chi connectivity index (χ1n) is 8.76. The number of azo groups is 1. The molecule has 0 aliphatic rings. The van der Waals surface area contributed by atoms with E-state index in [0.717, 1.165) is 12.1 Å². The van der Waals surface area contributed by atoms with Crippen molar-refractivity contribution < 1.29 is 62.3 Å². The standard InChI is InChI=1S/C18H13N5O9S.Na/c1-9(24)19-10-2-4-12-13(6-10)16(25)8-17(33(30,31)32)18(12)21-20-14-5-3-11(22(26)27)7-15(14)23(28)29;/h2-8,25H,1H3,(H,19,24)(H,30,31,32);/q;+1/p-1. The van der Waals surface area contributed by atoms with E-state index in [2.05, 4.69) is 15.5 Å². The summed E-state index contributed by atoms with van der Waals surface area (Å²) >= 11 is 0. The van der Waals surface area contributed by atoms with Crippen LogP contribution in [0.5, 0.6) is 5.75 Å².